The summed E-state index contributed by atoms with van der Waals surface area (Å²) in [5.41, 5.74) is 7.10. The molecule has 5 rings (SSSR count). The van der Waals surface area contributed by atoms with Gasteiger partial charge in [-0.3, -0.25) is 4.79 Å². The number of aromatic nitrogens is 2. The van der Waals surface area contributed by atoms with Crippen molar-refractivity contribution in [1.29, 1.82) is 0 Å². The third kappa shape index (κ3) is 4.42. The molecule has 0 saturated carbocycles. The smallest absolute Gasteiger partial charge is 0.290 e. The summed E-state index contributed by atoms with van der Waals surface area (Å²) < 4.78 is 7.99. The predicted molar refractivity (Wildman–Crippen MR) is 153 cm³/mol. The van der Waals surface area contributed by atoms with Crippen LogP contribution in [0.2, 0.25) is 0 Å². The topological polar surface area (TPSA) is 50.6 Å². The summed E-state index contributed by atoms with van der Waals surface area (Å²) in [4.78, 5) is 23.6. The van der Waals surface area contributed by atoms with Crippen molar-refractivity contribution in [1.82, 2.24) is 14.5 Å². The van der Waals surface area contributed by atoms with E-state index in [1.54, 1.807) is 23.3 Å². The van der Waals surface area contributed by atoms with Gasteiger partial charge in [0.15, 0.2) is 5.82 Å². The highest BCUT2D eigenvalue weighted by molar-refractivity contribution is 7.13. The van der Waals surface area contributed by atoms with Crippen molar-refractivity contribution in [3.8, 4) is 38.7 Å². The van der Waals surface area contributed by atoms with E-state index in [1.165, 1.54) is 5.56 Å². The number of thiophene rings is 1. The standard InChI is InChI=1S/C30H34N4O2S/c1-30(2,3)33(6)29(35)28-31-26(25-12-9-15-37-25)27-23-18-22(19-10-8-11-21(16-19)32(4)5)24(36-7)17-20(23)13-14-34(27)28/h8-12,15-18H,13-14H2,1-7H3. The molecule has 2 aromatic heterocycles. The van der Waals surface area contributed by atoms with Crippen LogP contribution < -0.4 is 9.64 Å². The Morgan fingerprint density at radius 2 is 1.84 bits per heavy atom. The fourth-order valence-corrected chi connectivity index (χ4v) is 5.49. The third-order valence-electron chi connectivity index (χ3n) is 7.18. The Hall–Kier alpha value is -3.58. The summed E-state index contributed by atoms with van der Waals surface area (Å²) in [7, 11) is 7.67. The summed E-state index contributed by atoms with van der Waals surface area (Å²) in [5.74, 6) is 1.28. The molecule has 4 aromatic rings. The molecule has 0 fully saturated rings. The van der Waals surface area contributed by atoms with Gasteiger partial charge in [-0.2, -0.15) is 0 Å². The normalized spacial score (nSPS) is 12.6. The summed E-state index contributed by atoms with van der Waals surface area (Å²) in [5, 5.41) is 2.06. The first-order valence-corrected chi connectivity index (χ1v) is 13.4. The van der Waals surface area contributed by atoms with E-state index < -0.39 is 0 Å². The van der Waals surface area contributed by atoms with Crippen molar-refractivity contribution in [2.75, 3.05) is 33.2 Å². The minimum Gasteiger partial charge on any atom is -0.496 e. The van der Waals surface area contributed by atoms with Crippen molar-refractivity contribution in [3.05, 3.63) is 65.3 Å². The van der Waals surface area contributed by atoms with Crippen LogP contribution >= 0.6 is 11.3 Å². The Labute approximate surface area is 223 Å². The number of amides is 1. The number of imidazole rings is 1. The molecule has 6 nitrogen and oxygen atoms in total. The molecule has 0 bridgehead atoms. The van der Waals surface area contributed by atoms with Gasteiger partial charge >= 0.3 is 0 Å². The molecular formula is C30H34N4O2S. The van der Waals surface area contributed by atoms with Gasteiger partial charge in [-0.1, -0.05) is 18.2 Å². The van der Waals surface area contributed by atoms with Gasteiger partial charge in [-0.15, -0.1) is 11.3 Å². The number of nitrogens with zero attached hydrogens (tertiary/aromatic N) is 4. The van der Waals surface area contributed by atoms with E-state index >= 15 is 0 Å². The lowest BCUT2D eigenvalue weighted by Crippen LogP contribution is -2.43. The Morgan fingerprint density at radius 1 is 1.05 bits per heavy atom. The second-order valence-corrected chi connectivity index (χ2v) is 11.6. The zero-order valence-electron chi connectivity index (χ0n) is 22.6. The van der Waals surface area contributed by atoms with Crippen molar-refractivity contribution < 1.29 is 9.53 Å². The lowest BCUT2D eigenvalue weighted by molar-refractivity contribution is 0.0638. The summed E-state index contributed by atoms with van der Waals surface area (Å²) in [6.07, 6.45) is 0.802. The molecule has 192 valence electrons. The van der Waals surface area contributed by atoms with Gasteiger partial charge in [0.1, 0.15) is 11.4 Å². The lowest BCUT2D eigenvalue weighted by Gasteiger charge is -2.32. The highest BCUT2D eigenvalue weighted by atomic mass is 32.1. The Bertz CT molecular complexity index is 1460. The molecule has 0 spiro atoms. The van der Waals surface area contributed by atoms with E-state index in [2.05, 4.69) is 57.3 Å². The zero-order valence-corrected chi connectivity index (χ0v) is 23.4. The number of benzene rings is 2. The molecule has 2 aromatic carbocycles. The van der Waals surface area contributed by atoms with Crippen LogP contribution in [-0.4, -0.2) is 54.1 Å². The van der Waals surface area contributed by atoms with E-state index in [9.17, 15) is 4.79 Å². The van der Waals surface area contributed by atoms with Gasteiger partial charge in [-0.25, -0.2) is 4.98 Å². The van der Waals surface area contributed by atoms with Crippen molar-refractivity contribution in [3.63, 3.8) is 0 Å². The van der Waals surface area contributed by atoms with E-state index in [-0.39, 0.29) is 11.4 Å². The van der Waals surface area contributed by atoms with E-state index in [4.69, 9.17) is 9.72 Å². The van der Waals surface area contributed by atoms with Crippen LogP contribution in [0.3, 0.4) is 0 Å². The fourth-order valence-electron chi connectivity index (χ4n) is 4.77. The van der Waals surface area contributed by atoms with Crippen LogP contribution in [-0.2, 0) is 13.0 Å². The maximum Gasteiger partial charge on any atom is 0.290 e. The minimum atomic E-state index is -0.308. The molecular weight excluding hydrogens is 480 g/mol. The molecule has 3 heterocycles. The van der Waals surface area contributed by atoms with Gasteiger partial charge in [0.2, 0.25) is 0 Å². The number of anilines is 1. The molecule has 1 aliphatic rings. The minimum absolute atomic E-state index is 0.0626. The average Bonchev–Trinajstić information content (AvgIpc) is 3.54. The first-order valence-electron chi connectivity index (χ1n) is 12.5. The highest BCUT2D eigenvalue weighted by Crippen LogP contribution is 2.44. The van der Waals surface area contributed by atoms with Gasteiger partial charge < -0.3 is 19.1 Å². The molecule has 1 aliphatic heterocycles. The number of carbonyl (C=O) groups excluding carboxylic acids is 1. The molecule has 0 unspecified atom stereocenters. The SMILES string of the molecule is COc1cc2c(cc1-c1cccc(N(C)C)c1)-c1c(-c3cccs3)nc(C(=O)N(C)C(C)(C)C)n1CC2. The first-order chi connectivity index (χ1) is 17.6. The lowest BCUT2D eigenvalue weighted by atomic mass is 9.91. The molecule has 37 heavy (non-hydrogen) atoms. The largest absolute Gasteiger partial charge is 0.496 e. The van der Waals surface area contributed by atoms with Gasteiger partial charge in [0.05, 0.1) is 17.7 Å². The Morgan fingerprint density at radius 3 is 2.49 bits per heavy atom. The van der Waals surface area contributed by atoms with Gasteiger partial charge in [0.25, 0.3) is 5.91 Å². The van der Waals surface area contributed by atoms with Crippen LogP contribution in [0.15, 0.2) is 53.9 Å². The number of carbonyl (C=O) groups is 1. The van der Waals surface area contributed by atoms with E-state index in [0.717, 1.165) is 50.8 Å². The molecule has 0 aliphatic carbocycles. The number of methoxy groups -OCH3 is 1. The van der Waals surface area contributed by atoms with Crippen LogP contribution in [0, 0.1) is 0 Å². The fraction of sp³-hybridized carbons (Fsp3) is 0.333. The molecule has 1 amide bonds. The summed E-state index contributed by atoms with van der Waals surface area (Å²) in [6, 6.07) is 17.0. The number of rotatable bonds is 5. The third-order valence-corrected chi connectivity index (χ3v) is 8.06. The molecule has 0 N–H and O–H groups in total. The maximum atomic E-state index is 13.7. The van der Waals surface area contributed by atoms with E-state index in [1.807, 2.05) is 48.0 Å². The number of aryl methyl sites for hydroxylation is 1. The Kier molecular flexibility index (Phi) is 6.36. The predicted octanol–water partition coefficient (Wildman–Crippen LogP) is 6.45. The number of fused-ring (bicyclic) bond motifs is 3. The first kappa shape index (κ1) is 25.1. The van der Waals surface area contributed by atoms with Crippen LogP contribution in [0.1, 0.15) is 37.0 Å². The van der Waals surface area contributed by atoms with Gasteiger partial charge in [-0.05, 0) is 74.0 Å². The molecule has 0 saturated heterocycles. The van der Waals surface area contributed by atoms with E-state index in [0.29, 0.717) is 12.4 Å². The van der Waals surface area contributed by atoms with Crippen molar-refractivity contribution in [2.24, 2.45) is 0 Å². The number of ether oxygens (including phenoxy) is 1. The summed E-state index contributed by atoms with van der Waals surface area (Å²) >= 11 is 1.64. The second kappa shape index (κ2) is 9.38. The molecule has 0 atom stereocenters. The zero-order chi connectivity index (χ0) is 26.5. The summed E-state index contributed by atoms with van der Waals surface area (Å²) in [6.45, 7) is 6.82. The Balaban J connectivity index is 1.74. The average molecular weight is 515 g/mol. The number of hydrogen-bond donors (Lipinski definition) is 0. The van der Waals surface area contributed by atoms with Crippen LogP contribution in [0.25, 0.3) is 33.0 Å². The monoisotopic (exact) mass is 514 g/mol. The van der Waals surface area contributed by atoms with Crippen molar-refractivity contribution >= 4 is 22.9 Å². The van der Waals surface area contributed by atoms with Gasteiger partial charge in [0, 0.05) is 50.0 Å². The maximum absolute atomic E-state index is 13.7. The molecule has 7 heteroatoms. The van der Waals surface area contributed by atoms with Crippen molar-refractivity contribution in [2.45, 2.75) is 39.3 Å². The quantitative estimate of drug-likeness (QED) is 0.307. The van der Waals surface area contributed by atoms with Crippen LogP contribution in [0.4, 0.5) is 5.69 Å². The van der Waals surface area contributed by atoms with Crippen LogP contribution in [0.5, 0.6) is 5.75 Å². The molecule has 0 radical (unpaired) electrons. The highest BCUT2D eigenvalue weighted by Gasteiger charge is 2.33. The second-order valence-electron chi connectivity index (χ2n) is 10.7. The number of hydrogen-bond acceptors (Lipinski definition) is 5.